The Bertz CT molecular complexity index is 858. The van der Waals surface area contributed by atoms with Gasteiger partial charge in [-0.15, -0.1) is 0 Å². The number of amides is 1. The maximum absolute atomic E-state index is 13.5. The Morgan fingerprint density at radius 2 is 1.61 bits per heavy atom. The van der Waals surface area contributed by atoms with Crippen LogP contribution in [-0.4, -0.2) is 39.2 Å². The zero-order valence-corrected chi connectivity index (χ0v) is 16.5. The molecule has 1 amide bonds. The van der Waals surface area contributed by atoms with Crippen LogP contribution in [0.2, 0.25) is 0 Å². The van der Waals surface area contributed by atoms with Crippen LogP contribution >= 0.6 is 0 Å². The molecule has 2 rings (SSSR count). The highest BCUT2D eigenvalue weighted by Gasteiger charge is 2.17. The van der Waals surface area contributed by atoms with Gasteiger partial charge in [-0.2, -0.15) is 0 Å². The Balaban J connectivity index is 2.21. The van der Waals surface area contributed by atoms with Gasteiger partial charge < -0.3 is 19.1 Å². The highest BCUT2D eigenvalue weighted by atomic mass is 19.2. The van der Waals surface area contributed by atoms with E-state index in [0.717, 1.165) is 12.1 Å². The average Bonchev–Trinajstić information content (AvgIpc) is 2.71. The highest BCUT2D eigenvalue weighted by Crippen LogP contribution is 2.38. The molecule has 0 aliphatic rings. The van der Waals surface area contributed by atoms with Crippen LogP contribution in [0, 0.1) is 11.6 Å². The van der Waals surface area contributed by atoms with Gasteiger partial charge in [0.15, 0.2) is 23.1 Å². The number of halogens is 2. The molecule has 1 atom stereocenters. The third-order valence-corrected chi connectivity index (χ3v) is 4.46. The lowest BCUT2D eigenvalue weighted by Gasteiger charge is -2.24. The molecule has 0 N–H and O–H groups in total. The highest BCUT2D eigenvalue weighted by molar-refractivity contribution is 5.92. The molecule has 5 nitrogen and oxygen atoms in total. The summed E-state index contributed by atoms with van der Waals surface area (Å²) >= 11 is 0. The molecule has 0 bridgehead atoms. The zero-order chi connectivity index (χ0) is 20.8. The zero-order valence-electron chi connectivity index (χ0n) is 16.5. The topological polar surface area (TPSA) is 48.0 Å². The number of rotatable bonds is 7. The smallest absolute Gasteiger partial charge is 0.246 e. The minimum Gasteiger partial charge on any atom is -0.493 e. The normalized spacial score (nSPS) is 12.0. The number of carbonyl (C=O) groups is 1. The van der Waals surface area contributed by atoms with E-state index in [1.54, 1.807) is 32.2 Å². The van der Waals surface area contributed by atoms with Gasteiger partial charge in [-0.1, -0.05) is 6.07 Å². The molecule has 0 saturated carbocycles. The van der Waals surface area contributed by atoms with Crippen LogP contribution in [0.15, 0.2) is 36.4 Å². The second-order valence-corrected chi connectivity index (χ2v) is 6.09. The van der Waals surface area contributed by atoms with Gasteiger partial charge in [0.2, 0.25) is 11.7 Å². The summed E-state index contributed by atoms with van der Waals surface area (Å²) in [5.74, 6) is -0.774. The third-order valence-electron chi connectivity index (χ3n) is 4.46. The number of methoxy groups -OCH3 is 3. The van der Waals surface area contributed by atoms with Crippen LogP contribution in [-0.2, 0) is 4.79 Å². The molecular formula is C21H23F2NO4. The molecule has 0 aromatic heterocycles. The molecule has 7 heteroatoms. The fourth-order valence-electron chi connectivity index (χ4n) is 2.67. The van der Waals surface area contributed by atoms with E-state index in [2.05, 4.69) is 0 Å². The first-order valence-electron chi connectivity index (χ1n) is 8.52. The van der Waals surface area contributed by atoms with E-state index in [0.29, 0.717) is 28.4 Å². The van der Waals surface area contributed by atoms with E-state index in [-0.39, 0.29) is 5.91 Å². The van der Waals surface area contributed by atoms with Crippen molar-refractivity contribution in [3.8, 4) is 17.2 Å². The monoisotopic (exact) mass is 391 g/mol. The lowest BCUT2D eigenvalue weighted by Crippen LogP contribution is -2.28. The minimum absolute atomic E-state index is 0.300. The Morgan fingerprint density at radius 1 is 1.00 bits per heavy atom. The molecular weight excluding hydrogens is 368 g/mol. The largest absolute Gasteiger partial charge is 0.493 e. The number of ether oxygens (including phenoxy) is 3. The van der Waals surface area contributed by atoms with E-state index >= 15 is 0 Å². The molecule has 0 aliphatic heterocycles. The predicted molar refractivity (Wildman–Crippen MR) is 103 cm³/mol. The van der Waals surface area contributed by atoms with Crippen LogP contribution < -0.4 is 14.2 Å². The molecule has 0 spiro atoms. The number of likely N-dealkylation sites (N-methyl/N-ethyl adjacent to an activating group) is 1. The molecule has 0 fully saturated rings. The van der Waals surface area contributed by atoms with Crippen molar-refractivity contribution >= 4 is 12.0 Å². The SMILES string of the molecule is COc1cc(/C=C/C(=O)N(C)C(C)c2ccc(F)c(F)c2)cc(OC)c1OC. The summed E-state index contributed by atoms with van der Waals surface area (Å²) in [4.78, 5) is 13.9. The van der Waals surface area contributed by atoms with Crippen LogP contribution in [0.5, 0.6) is 17.2 Å². The first-order chi connectivity index (χ1) is 13.3. The van der Waals surface area contributed by atoms with E-state index in [1.807, 2.05) is 0 Å². The van der Waals surface area contributed by atoms with Crippen molar-refractivity contribution in [2.45, 2.75) is 13.0 Å². The Labute approximate surface area is 163 Å². The van der Waals surface area contributed by atoms with E-state index in [1.165, 1.54) is 38.4 Å². The number of benzene rings is 2. The van der Waals surface area contributed by atoms with Crippen molar-refractivity contribution in [1.82, 2.24) is 4.90 Å². The van der Waals surface area contributed by atoms with Crippen LogP contribution in [0.4, 0.5) is 8.78 Å². The van der Waals surface area contributed by atoms with Crippen molar-refractivity contribution in [3.05, 3.63) is 59.2 Å². The van der Waals surface area contributed by atoms with Gasteiger partial charge in [-0.05, 0) is 48.4 Å². The van der Waals surface area contributed by atoms with Gasteiger partial charge in [0.05, 0.1) is 27.4 Å². The number of nitrogens with zero attached hydrogens (tertiary/aromatic N) is 1. The standard InChI is InChI=1S/C21H23F2NO4/c1-13(15-7-8-16(22)17(23)12-15)24(2)20(25)9-6-14-10-18(26-3)21(28-5)19(11-14)27-4/h6-13H,1-5H3/b9-6+. The Hall–Kier alpha value is -3.09. The first kappa shape index (κ1) is 21.2. The van der Waals surface area contributed by atoms with E-state index < -0.39 is 17.7 Å². The molecule has 28 heavy (non-hydrogen) atoms. The second-order valence-electron chi connectivity index (χ2n) is 6.09. The number of carbonyl (C=O) groups excluding carboxylic acids is 1. The van der Waals surface area contributed by atoms with Crippen molar-refractivity contribution in [2.24, 2.45) is 0 Å². The quantitative estimate of drug-likeness (QED) is 0.663. The van der Waals surface area contributed by atoms with Gasteiger partial charge in [0, 0.05) is 13.1 Å². The summed E-state index contributed by atoms with van der Waals surface area (Å²) in [6.45, 7) is 1.73. The van der Waals surface area contributed by atoms with Crippen LogP contribution in [0.1, 0.15) is 24.1 Å². The summed E-state index contributed by atoms with van der Waals surface area (Å²) in [6, 6.07) is 6.58. The third kappa shape index (κ3) is 4.60. The lowest BCUT2D eigenvalue weighted by molar-refractivity contribution is -0.126. The summed E-state index contributed by atoms with van der Waals surface area (Å²) in [6.07, 6.45) is 3.00. The van der Waals surface area contributed by atoms with Gasteiger partial charge in [0.25, 0.3) is 0 Å². The summed E-state index contributed by atoms with van der Waals surface area (Å²) in [7, 11) is 6.11. The van der Waals surface area contributed by atoms with Gasteiger partial charge in [-0.3, -0.25) is 4.79 Å². The van der Waals surface area contributed by atoms with Crippen molar-refractivity contribution < 1.29 is 27.8 Å². The number of hydrogen-bond acceptors (Lipinski definition) is 4. The minimum atomic E-state index is -0.946. The predicted octanol–water partition coefficient (Wildman–Crippen LogP) is 4.22. The summed E-state index contributed by atoms with van der Waals surface area (Å²) < 4.78 is 42.4. The number of hydrogen-bond donors (Lipinski definition) is 0. The molecule has 0 aliphatic carbocycles. The van der Waals surface area contributed by atoms with Gasteiger partial charge >= 0.3 is 0 Å². The lowest BCUT2D eigenvalue weighted by atomic mass is 10.1. The molecule has 0 saturated heterocycles. The fraction of sp³-hybridized carbons (Fsp3) is 0.286. The summed E-state index contributed by atoms with van der Waals surface area (Å²) in [5, 5.41) is 0. The van der Waals surface area contributed by atoms with Crippen LogP contribution in [0.25, 0.3) is 6.08 Å². The maximum atomic E-state index is 13.5. The summed E-state index contributed by atoms with van der Waals surface area (Å²) in [5.41, 5.74) is 1.17. The van der Waals surface area contributed by atoms with Gasteiger partial charge in [0.1, 0.15) is 0 Å². The molecule has 150 valence electrons. The van der Waals surface area contributed by atoms with Crippen molar-refractivity contribution in [1.29, 1.82) is 0 Å². The Morgan fingerprint density at radius 3 is 2.11 bits per heavy atom. The van der Waals surface area contributed by atoms with Crippen molar-refractivity contribution in [2.75, 3.05) is 28.4 Å². The van der Waals surface area contributed by atoms with Crippen molar-refractivity contribution in [3.63, 3.8) is 0 Å². The van der Waals surface area contributed by atoms with E-state index in [4.69, 9.17) is 14.2 Å². The average molecular weight is 391 g/mol. The Kier molecular flexibility index (Phi) is 6.98. The molecule has 2 aromatic carbocycles. The second kappa shape index (κ2) is 9.21. The maximum Gasteiger partial charge on any atom is 0.246 e. The van der Waals surface area contributed by atoms with Gasteiger partial charge in [-0.25, -0.2) is 8.78 Å². The molecule has 0 heterocycles. The fourth-order valence-corrected chi connectivity index (χ4v) is 2.67. The van der Waals surface area contributed by atoms with Crippen LogP contribution in [0.3, 0.4) is 0 Å². The molecule has 1 unspecified atom stereocenters. The molecule has 0 radical (unpaired) electrons. The first-order valence-corrected chi connectivity index (χ1v) is 8.52. The molecule has 2 aromatic rings. The van der Waals surface area contributed by atoms with E-state index in [9.17, 15) is 13.6 Å².